The number of nitrogen functional groups attached to an aromatic ring is 1. The van der Waals surface area contributed by atoms with E-state index in [4.69, 9.17) is 15.2 Å². The predicted molar refractivity (Wildman–Crippen MR) is 89.9 cm³/mol. The number of anilines is 1. The smallest absolute Gasteiger partial charge is 0.309 e. The first-order valence-electron chi connectivity index (χ1n) is 8.67. The zero-order valence-electron chi connectivity index (χ0n) is 14.4. The molecule has 1 aliphatic heterocycles. The van der Waals surface area contributed by atoms with Crippen LogP contribution in [0.5, 0.6) is 0 Å². The first-order chi connectivity index (χ1) is 13.0. The third-order valence-corrected chi connectivity index (χ3v) is 5.31. The van der Waals surface area contributed by atoms with Crippen LogP contribution >= 0.6 is 0 Å². The Labute approximate surface area is 154 Å². The second kappa shape index (κ2) is 6.45. The predicted octanol–water partition coefficient (Wildman–Crippen LogP) is -0.290. The van der Waals surface area contributed by atoms with Crippen LogP contribution in [0.4, 0.5) is 5.82 Å². The molecule has 0 spiro atoms. The Bertz CT molecular complexity index is 920. The van der Waals surface area contributed by atoms with Crippen LogP contribution in [0.25, 0.3) is 5.52 Å². The van der Waals surface area contributed by atoms with Crippen molar-refractivity contribution in [2.75, 3.05) is 12.3 Å². The van der Waals surface area contributed by atoms with E-state index < -0.39 is 36.5 Å². The summed E-state index contributed by atoms with van der Waals surface area (Å²) in [5.74, 6) is -0.349. The molecule has 0 aromatic carbocycles. The van der Waals surface area contributed by atoms with Gasteiger partial charge in [-0.05, 0) is 25.0 Å². The van der Waals surface area contributed by atoms with Gasteiger partial charge in [0.1, 0.15) is 42.8 Å². The summed E-state index contributed by atoms with van der Waals surface area (Å²) in [5.41, 5.74) is 4.83. The molecule has 10 nitrogen and oxygen atoms in total. The fourth-order valence-electron chi connectivity index (χ4n) is 3.42. The van der Waals surface area contributed by atoms with Crippen LogP contribution in [-0.2, 0) is 14.3 Å². The first kappa shape index (κ1) is 17.7. The van der Waals surface area contributed by atoms with E-state index in [1.807, 2.05) is 6.07 Å². The van der Waals surface area contributed by atoms with Gasteiger partial charge in [0.2, 0.25) is 5.60 Å². The Morgan fingerprint density at radius 1 is 1.48 bits per heavy atom. The number of aromatic nitrogens is 3. The van der Waals surface area contributed by atoms with Crippen molar-refractivity contribution < 1.29 is 24.5 Å². The van der Waals surface area contributed by atoms with E-state index in [0.29, 0.717) is 11.2 Å². The van der Waals surface area contributed by atoms with Gasteiger partial charge in [-0.1, -0.05) is 6.42 Å². The Kier molecular flexibility index (Phi) is 4.22. The molecule has 27 heavy (non-hydrogen) atoms. The van der Waals surface area contributed by atoms with E-state index in [0.717, 1.165) is 19.3 Å². The summed E-state index contributed by atoms with van der Waals surface area (Å²) in [7, 11) is 0. The van der Waals surface area contributed by atoms with Crippen molar-refractivity contribution in [2.24, 2.45) is 5.92 Å². The van der Waals surface area contributed by atoms with Crippen molar-refractivity contribution in [3.63, 3.8) is 0 Å². The maximum Gasteiger partial charge on any atom is 0.309 e. The molecule has 0 unspecified atom stereocenters. The fourth-order valence-corrected chi connectivity index (χ4v) is 3.42. The van der Waals surface area contributed by atoms with E-state index in [-0.39, 0.29) is 11.7 Å². The van der Waals surface area contributed by atoms with Gasteiger partial charge in [0.05, 0.1) is 11.6 Å². The third-order valence-electron chi connectivity index (χ3n) is 5.31. The maximum atomic E-state index is 12.0. The number of hydrogen-bond acceptors (Lipinski definition) is 9. The Hall–Kier alpha value is -2.74. The highest BCUT2D eigenvalue weighted by Gasteiger charge is 2.57. The molecule has 0 amide bonds. The SMILES string of the molecule is N#C[C@]1(COC(=O)C2CCC2)O[C@@H](c2ccc3c(N)ncnn23)[C@H](O)[C@@H]1O. The minimum Gasteiger partial charge on any atom is -0.461 e. The molecule has 3 heterocycles. The quantitative estimate of drug-likeness (QED) is 0.613. The molecule has 4 N–H and O–H groups in total. The molecule has 0 bridgehead atoms. The molecule has 4 rings (SSSR count). The van der Waals surface area contributed by atoms with E-state index in [2.05, 4.69) is 10.1 Å². The topological polar surface area (TPSA) is 156 Å². The number of aliphatic hydroxyl groups excluding tert-OH is 2. The molecule has 1 saturated heterocycles. The highest BCUT2D eigenvalue weighted by atomic mass is 16.6. The zero-order chi connectivity index (χ0) is 19.2. The molecule has 10 heteroatoms. The summed E-state index contributed by atoms with van der Waals surface area (Å²) >= 11 is 0. The van der Waals surface area contributed by atoms with Crippen molar-refractivity contribution in [1.29, 1.82) is 5.26 Å². The van der Waals surface area contributed by atoms with Gasteiger partial charge in [0.15, 0.2) is 5.82 Å². The van der Waals surface area contributed by atoms with E-state index in [1.165, 1.54) is 10.8 Å². The maximum absolute atomic E-state index is 12.0. The fraction of sp³-hybridized carbons (Fsp3) is 0.529. The number of ether oxygens (including phenoxy) is 2. The minimum absolute atomic E-state index is 0.172. The van der Waals surface area contributed by atoms with Crippen molar-refractivity contribution in [3.8, 4) is 6.07 Å². The number of fused-ring (bicyclic) bond motifs is 1. The number of nitrogens with zero attached hydrogens (tertiary/aromatic N) is 4. The summed E-state index contributed by atoms with van der Waals surface area (Å²) in [6, 6.07) is 5.13. The van der Waals surface area contributed by atoms with Crippen LogP contribution in [0.2, 0.25) is 0 Å². The average molecular weight is 373 g/mol. The highest BCUT2D eigenvalue weighted by molar-refractivity contribution is 5.73. The highest BCUT2D eigenvalue weighted by Crippen LogP contribution is 2.41. The second-order valence-electron chi connectivity index (χ2n) is 6.91. The molecule has 2 aromatic rings. The Morgan fingerprint density at radius 2 is 2.26 bits per heavy atom. The molecule has 0 radical (unpaired) electrons. The van der Waals surface area contributed by atoms with Gasteiger partial charge in [0.25, 0.3) is 0 Å². The van der Waals surface area contributed by atoms with Gasteiger partial charge in [0, 0.05) is 0 Å². The number of aliphatic hydroxyl groups is 2. The van der Waals surface area contributed by atoms with Gasteiger partial charge in [-0.25, -0.2) is 9.50 Å². The number of carbonyl (C=O) groups excluding carboxylic acids is 1. The zero-order valence-corrected chi connectivity index (χ0v) is 14.4. The number of rotatable bonds is 4. The van der Waals surface area contributed by atoms with Gasteiger partial charge < -0.3 is 25.4 Å². The number of nitrogens with two attached hydrogens (primary N) is 1. The van der Waals surface area contributed by atoms with E-state index >= 15 is 0 Å². The summed E-state index contributed by atoms with van der Waals surface area (Å²) in [4.78, 5) is 15.9. The normalized spacial score (nSPS) is 30.8. The third kappa shape index (κ3) is 2.71. The average Bonchev–Trinajstić information content (AvgIpc) is 3.14. The van der Waals surface area contributed by atoms with Crippen LogP contribution in [0, 0.1) is 17.2 Å². The van der Waals surface area contributed by atoms with Crippen molar-refractivity contribution in [1.82, 2.24) is 14.6 Å². The van der Waals surface area contributed by atoms with Crippen LogP contribution < -0.4 is 5.73 Å². The summed E-state index contributed by atoms with van der Waals surface area (Å²) in [5, 5.41) is 34.7. The van der Waals surface area contributed by atoms with Crippen molar-refractivity contribution in [2.45, 2.75) is 43.2 Å². The van der Waals surface area contributed by atoms with Crippen LogP contribution in [-0.4, -0.2) is 55.2 Å². The first-order valence-corrected chi connectivity index (χ1v) is 8.67. The van der Waals surface area contributed by atoms with Gasteiger partial charge in [-0.3, -0.25) is 4.79 Å². The summed E-state index contributed by atoms with van der Waals surface area (Å²) < 4.78 is 12.4. The van der Waals surface area contributed by atoms with E-state index in [9.17, 15) is 20.3 Å². The van der Waals surface area contributed by atoms with Crippen molar-refractivity contribution in [3.05, 3.63) is 24.2 Å². The van der Waals surface area contributed by atoms with Gasteiger partial charge in [-0.15, -0.1) is 0 Å². The van der Waals surface area contributed by atoms with Gasteiger partial charge in [-0.2, -0.15) is 10.4 Å². The minimum atomic E-state index is -1.87. The lowest BCUT2D eigenvalue weighted by molar-refractivity contribution is -0.162. The molecular formula is C17H19N5O5. The monoisotopic (exact) mass is 373 g/mol. The van der Waals surface area contributed by atoms with Crippen molar-refractivity contribution >= 4 is 17.3 Å². The van der Waals surface area contributed by atoms with Gasteiger partial charge >= 0.3 is 5.97 Å². The van der Waals surface area contributed by atoms with Crippen LogP contribution in [0.1, 0.15) is 31.1 Å². The number of nitriles is 1. The van der Waals surface area contributed by atoms with Crippen LogP contribution in [0.15, 0.2) is 18.5 Å². The van der Waals surface area contributed by atoms with E-state index in [1.54, 1.807) is 12.1 Å². The molecule has 4 atom stereocenters. The Morgan fingerprint density at radius 3 is 2.93 bits per heavy atom. The summed E-state index contributed by atoms with van der Waals surface area (Å²) in [6.07, 6.45) is -0.308. The number of esters is 1. The molecule has 2 aliphatic rings. The lowest BCUT2D eigenvalue weighted by Gasteiger charge is -2.27. The molecule has 2 aromatic heterocycles. The molecule has 1 aliphatic carbocycles. The summed E-state index contributed by atoms with van der Waals surface area (Å²) in [6.45, 7) is -0.464. The number of hydrogen-bond donors (Lipinski definition) is 3. The molecule has 142 valence electrons. The lowest BCUT2D eigenvalue weighted by atomic mass is 9.85. The van der Waals surface area contributed by atoms with Crippen LogP contribution in [0.3, 0.4) is 0 Å². The molecule has 2 fully saturated rings. The standard InChI is InChI=1S/C17H19N5O5/c18-6-17(7-26-16(25)9-2-1-3-9)14(24)12(23)13(27-17)10-4-5-11-15(19)20-8-21-22(10)11/h4-5,8-9,12-14,23-24H,1-3,7H2,(H2,19,20,21)/t12-,13-,14-,17+/m0/s1. The lowest BCUT2D eigenvalue weighted by Crippen LogP contribution is -2.46. The molecular weight excluding hydrogens is 354 g/mol. The molecule has 1 saturated carbocycles. The second-order valence-corrected chi connectivity index (χ2v) is 6.91. The largest absolute Gasteiger partial charge is 0.461 e. The number of carbonyl (C=O) groups is 1. The Balaban J connectivity index is 1.59.